The molecule has 7 heteroatoms. The molecule has 132 valence electrons. The van der Waals surface area contributed by atoms with E-state index in [4.69, 9.17) is 4.52 Å². The number of aryl methyl sites for hydroxylation is 1. The lowest BCUT2D eigenvalue weighted by Gasteiger charge is -2.21. The number of hydrogen-bond acceptors (Lipinski definition) is 5. The fourth-order valence-electron chi connectivity index (χ4n) is 2.63. The molecule has 0 amide bonds. The lowest BCUT2D eigenvalue weighted by Crippen LogP contribution is -2.32. The maximum Gasteiger partial charge on any atom is 0.268 e. The van der Waals surface area contributed by atoms with Gasteiger partial charge in [0.1, 0.15) is 6.54 Å². The lowest BCUT2D eigenvalue weighted by molar-refractivity contribution is 0.420. The van der Waals surface area contributed by atoms with E-state index in [1.54, 1.807) is 32.0 Å². The van der Waals surface area contributed by atoms with E-state index >= 15 is 0 Å². The number of benzene rings is 2. The fourth-order valence-corrected chi connectivity index (χ4v) is 4.20. The maximum atomic E-state index is 13.4. The van der Waals surface area contributed by atoms with Crippen molar-refractivity contribution in [3.05, 3.63) is 65.9 Å². The smallest absolute Gasteiger partial charge is 0.268 e. The van der Waals surface area contributed by atoms with Crippen molar-refractivity contribution in [1.29, 1.82) is 5.26 Å². The summed E-state index contributed by atoms with van der Waals surface area (Å²) < 4.78 is 32.9. The highest BCUT2D eigenvalue weighted by molar-refractivity contribution is 7.93. The van der Waals surface area contributed by atoms with Gasteiger partial charge >= 0.3 is 0 Å². The van der Waals surface area contributed by atoms with Crippen LogP contribution in [0.3, 0.4) is 0 Å². The molecule has 0 unspecified atom stereocenters. The van der Waals surface area contributed by atoms with Crippen molar-refractivity contribution in [2.24, 2.45) is 0 Å². The van der Waals surface area contributed by atoms with E-state index in [-0.39, 0.29) is 17.3 Å². The second kappa shape index (κ2) is 7.02. The Kier molecular flexibility index (Phi) is 4.78. The predicted molar refractivity (Wildman–Crippen MR) is 98.0 cm³/mol. The molecule has 3 rings (SSSR count). The second-order valence-corrected chi connectivity index (χ2v) is 7.56. The number of anilines is 1. The van der Waals surface area contributed by atoms with Gasteiger partial charge in [-0.25, -0.2) is 12.7 Å². The van der Waals surface area contributed by atoms with Gasteiger partial charge < -0.3 is 4.52 Å². The minimum absolute atomic E-state index is 0.0620. The summed E-state index contributed by atoms with van der Waals surface area (Å²) in [5, 5.41) is 13.0. The molecule has 0 fully saturated rings. The Bertz CT molecular complexity index is 1070. The zero-order valence-electron chi connectivity index (χ0n) is 14.4. The number of nitrogens with zero attached hydrogens (tertiary/aromatic N) is 3. The maximum absolute atomic E-state index is 13.4. The Labute approximate surface area is 152 Å². The highest BCUT2D eigenvalue weighted by Gasteiger charge is 2.31. The van der Waals surface area contributed by atoms with E-state index < -0.39 is 10.0 Å². The molecule has 1 heterocycles. The summed E-state index contributed by atoms with van der Waals surface area (Å²) in [6.07, 6.45) is 0. The predicted octanol–water partition coefficient (Wildman–Crippen LogP) is 3.68. The minimum atomic E-state index is -4.03. The van der Waals surface area contributed by atoms with Crippen LogP contribution in [0.5, 0.6) is 0 Å². The van der Waals surface area contributed by atoms with Crippen LogP contribution in [-0.2, 0) is 10.0 Å². The lowest BCUT2D eigenvalue weighted by atomic mass is 10.1. The third kappa shape index (κ3) is 3.07. The zero-order valence-corrected chi connectivity index (χ0v) is 15.2. The molecule has 0 spiro atoms. The molecular weight excluding hydrogens is 350 g/mol. The first-order chi connectivity index (χ1) is 12.5. The zero-order chi connectivity index (χ0) is 18.7. The third-order valence-electron chi connectivity index (χ3n) is 4.11. The Morgan fingerprint density at radius 2 is 1.73 bits per heavy atom. The molecule has 6 nitrogen and oxygen atoms in total. The van der Waals surface area contributed by atoms with Gasteiger partial charge in [-0.1, -0.05) is 53.7 Å². The highest BCUT2D eigenvalue weighted by atomic mass is 32.2. The van der Waals surface area contributed by atoms with Gasteiger partial charge in [0, 0.05) is 11.1 Å². The highest BCUT2D eigenvalue weighted by Crippen LogP contribution is 2.33. The standard InChI is InChI=1S/C19H17N3O3S/c1-14-15(2)21-25-19(14)22(13-12-20)26(23,24)18-11-7-6-10-17(18)16-8-4-3-5-9-16/h3-11H,13H2,1-2H3. The Balaban J connectivity index is 2.19. The second-order valence-electron chi connectivity index (χ2n) is 5.73. The van der Waals surface area contributed by atoms with Crippen molar-refractivity contribution in [1.82, 2.24) is 5.16 Å². The van der Waals surface area contributed by atoms with Gasteiger partial charge in [0.2, 0.25) is 5.88 Å². The molecule has 26 heavy (non-hydrogen) atoms. The molecule has 0 saturated heterocycles. The van der Waals surface area contributed by atoms with Crippen LogP contribution in [0, 0.1) is 25.2 Å². The van der Waals surface area contributed by atoms with E-state index in [0.29, 0.717) is 16.8 Å². The number of hydrogen-bond donors (Lipinski definition) is 0. The van der Waals surface area contributed by atoms with Gasteiger partial charge in [-0.05, 0) is 25.5 Å². The van der Waals surface area contributed by atoms with Crippen LogP contribution < -0.4 is 4.31 Å². The van der Waals surface area contributed by atoms with Gasteiger partial charge in [0.15, 0.2) is 0 Å². The summed E-state index contributed by atoms with van der Waals surface area (Å²) in [5.41, 5.74) is 2.49. The quantitative estimate of drug-likeness (QED) is 0.642. The summed E-state index contributed by atoms with van der Waals surface area (Å²) in [4.78, 5) is 0.106. The first kappa shape index (κ1) is 17.7. The third-order valence-corrected chi connectivity index (χ3v) is 5.90. The van der Waals surface area contributed by atoms with Crippen LogP contribution in [0.4, 0.5) is 5.88 Å². The van der Waals surface area contributed by atoms with E-state index in [1.807, 2.05) is 36.4 Å². The van der Waals surface area contributed by atoms with E-state index in [1.165, 1.54) is 6.07 Å². The van der Waals surface area contributed by atoms with Crippen LogP contribution in [0.1, 0.15) is 11.3 Å². The molecule has 0 N–H and O–H groups in total. The molecule has 3 aromatic rings. The summed E-state index contributed by atoms with van der Waals surface area (Å²) >= 11 is 0. The number of nitriles is 1. The monoisotopic (exact) mass is 367 g/mol. The van der Waals surface area contributed by atoms with Gasteiger partial charge in [-0.15, -0.1) is 0 Å². The SMILES string of the molecule is Cc1noc(N(CC#N)S(=O)(=O)c2ccccc2-c2ccccc2)c1C. The van der Waals surface area contributed by atoms with Gasteiger partial charge in [-0.3, -0.25) is 0 Å². The van der Waals surface area contributed by atoms with E-state index in [0.717, 1.165) is 9.87 Å². The van der Waals surface area contributed by atoms with E-state index in [9.17, 15) is 13.7 Å². The molecule has 1 aromatic heterocycles. The first-order valence-electron chi connectivity index (χ1n) is 7.94. The van der Waals surface area contributed by atoms with Gasteiger partial charge in [-0.2, -0.15) is 5.26 Å². The average molecular weight is 367 g/mol. The Morgan fingerprint density at radius 1 is 1.08 bits per heavy atom. The molecule has 0 radical (unpaired) electrons. The van der Waals surface area contributed by atoms with Crippen LogP contribution >= 0.6 is 0 Å². The molecule has 0 bridgehead atoms. The van der Waals surface area contributed by atoms with Crippen LogP contribution in [-0.4, -0.2) is 20.1 Å². The molecule has 0 aliphatic carbocycles. The topological polar surface area (TPSA) is 87.2 Å². The summed E-state index contributed by atoms with van der Waals surface area (Å²) in [5.74, 6) is 0.0620. The molecule has 2 aromatic carbocycles. The number of aromatic nitrogens is 1. The number of sulfonamides is 1. The van der Waals surface area contributed by atoms with Crippen molar-refractivity contribution in [2.45, 2.75) is 18.7 Å². The van der Waals surface area contributed by atoms with E-state index in [2.05, 4.69) is 5.16 Å². The summed E-state index contributed by atoms with van der Waals surface area (Å²) in [6.45, 7) is 3.06. The number of rotatable bonds is 5. The van der Waals surface area contributed by atoms with Crippen LogP contribution in [0.15, 0.2) is 64.0 Å². The summed E-state index contributed by atoms with van der Waals surface area (Å²) in [6, 6.07) is 17.8. The molecule has 0 aliphatic rings. The Morgan fingerprint density at radius 3 is 2.35 bits per heavy atom. The van der Waals surface area contributed by atoms with Crippen molar-refractivity contribution >= 4 is 15.9 Å². The largest absolute Gasteiger partial charge is 0.337 e. The van der Waals surface area contributed by atoms with Crippen molar-refractivity contribution in [3.8, 4) is 17.2 Å². The summed E-state index contributed by atoms with van der Waals surface area (Å²) in [7, 11) is -4.03. The fraction of sp³-hybridized carbons (Fsp3) is 0.158. The van der Waals surface area contributed by atoms with Crippen molar-refractivity contribution in [2.75, 3.05) is 10.8 Å². The molecular formula is C19H17N3O3S. The van der Waals surface area contributed by atoms with Crippen LogP contribution in [0.25, 0.3) is 11.1 Å². The van der Waals surface area contributed by atoms with Crippen molar-refractivity contribution < 1.29 is 12.9 Å². The minimum Gasteiger partial charge on any atom is -0.337 e. The Hall–Kier alpha value is -3.11. The van der Waals surface area contributed by atoms with Crippen LogP contribution in [0.2, 0.25) is 0 Å². The van der Waals surface area contributed by atoms with Crippen molar-refractivity contribution in [3.63, 3.8) is 0 Å². The normalized spacial score (nSPS) is 11.1. The molecule has 0 saturated carbocycles. The van der Waals surface area contributed by atoms with Gasteiger partial charge in [0.05, 0.1) is 16.7 Å². The first-order valence-corrected chi connectivity index (χ1v) is 9.38. The molecule has 0 atom stereocenters. The molecule has 0 aliphatic heterocycles. The van der Waals surface area contributed by atoms with Gasteiger partial charge in [0.25, 0.3) is 10.0 Å². The average Bonchev–Trinajstić information content (AvgIpc) is 2.99.